The lowest BCUT2D eigenvalue weighted by molar-refractivity contribution is 0.104. The fourth-order valence-corrected chi connectivity index (χ4v) is 2.59. The molecule has 0 aromatic heterocycles. The van der Waals surface area contributed by atoms with Crippen molar-refractivity contribution < 1.29 is 30.3 Å². The SMILES string of the molecule is CC1=CC(=O)c2c(O)c(O)c(O)c3c(O)cc(O)c1c23. The highest BCUT2D eigenvalue weighted by atomic mass is 16.3. The smallest absolute Gasteiger partial charge is 0.201 e. The van der Waals surface area contributed by atoms with E-state index in [9.17, 15) is 30.3 Å². The number of rotatable bonds is 0. The summed E-state index contributed by atoms with van der Waals surface area (Å²) in [4.78, 5) is 12.0. The molecule has 0 bridgehead atoms. The maximum Gasteiger partial charge on any atom is 0.201 e. The number of carbonyl (C=O) groups excluding carboxylic acids is 1. The predicted molar refractivity (Wildman–Crippen MR) is 70.3 cm³/mol. The highest BCUT2D eigenvalue weighted by molar-refractivity contribution is 6.26. The molecule has 0 spiro atoms. The van der Waals surface area contributed by atoms with Gasteiger partial charge in [-0.2, -0.15) is 0 Å². The third-order valence-electron chi connectivity index (χ3n) is 3.45. The molecule has 20 heavy (non-hydrogen) atoms. The summed E-state index contributed by atoms with van der Waals surface area (Å²) in [5.74, 6) is -3.80. The second kappa shape index (κ2) is 3.57. The van der Waals surface area contributed by atoms with E-state index >= 15 is 0 Å². The van der Waals surface area contributed by atoms with Crippen LogP contribution >= 0.6 is 0 Å². The van der Waals surface area contributed by atoms with Crippen LogP contribution in [0, 0.1) is 0 Å². The molecule has 0 heterocycles. The van der Waals surface area contributed by atoms with Crippen molar-refractivity contribution in [3.8, 4) is 28.7 Å². The van der Waals surface area contributed by atoms with E-state index in [1.54, 1.807) is 6.92 Å². The number of phenolic OH excluding ortho intramolecular Hbond substituents is 5. The first-order valence-electron chi connectivity index (χ1n) is 5.73. The summed E-state index contributed by atoms with van der Waals surface area (Å²) in [5.41, 5.74) is 0.384. The van der Waals surface area contributed by atoms with E-state index < -0.39 is 28.8 Å². The van der Waals surface area contributed by atoms with Gasteiger partial charge in [0.25, 0.3) is 0 Å². The first-order valence-corrected chi connectivity index (χ1v) is 5.73. The Labute approximate surface area is 112 Å². The van der Waals surface area contributed by atoms with Crippen molar-refractivity contribution in [1.82, 2.24) is 0 Å². The molecule has 1 aliphatic rings. The van der Waals surface area contributed by atoms with Gasteiger partial charge in [0.15, 0.2) is 17.3 Å². The average Bonchev–Trinajstić information content (AvgIpc) is 2.34. The van der Waals surface area contributed by atoms with Gasteiger partial charge >= 0.3 is 0 Å². The lowest BCUT2D eigenvalue weighted by Crippen LogP contribution is -2.05. The molecule has 0 unspecified atom stereocenters. The van der Waals surface area contributed by atoms with Crippen molar-refractivity contribution in [2.75, 3.05) is 0 Å². The molecule has 0 aliphatic heterocycles. The quantitative estimate of drug-likeness (QED) is 0.469. The molecule has 0 radical (unpaired) electrons. The zero-order valence-electron chi connectivity index (χ0n) is 10.3. The van der Waals surface area contributed by atoms with E-state index in [0.29, 0.717) is 5.57 Å². The standard InChI is InChI=1S/C14H10O6/c1-4-2-5(15)9-11-8(4)6(16)3-7(17)10(11)13(19)14(20)12(9)18/h2-3,16-20H,1H3. The molecule has 1 aliphatic carbocycles. The number of allylic oxidation sites excluding steroid dienone is 2. The van der Waals surface area contributed by atoms with E-state index in [2.05, 4.69) is 0 Å². The molecule has 6 nitrogen and oxygen atoms in total. The van der Waals surface area contributed by atoms with Gasteiger partial charge in [-0.15, -0.1) is 0 Å². The summed E-state index contributed by atoms with van der Waals surface area (Å²) in [6.07, 6.45) is 1.20. The van der Waals surface area contributed by atoms with Crippen LogP contribution < -0.4 is 0 Å². The largest absolute Gasteiger partial charge is 0.507 e. The van der Waals surface area contributed by atoms with Gasteiger partial charge in [-0.05, 0) is 18.6 Å². The number of benzene rings is 2. The van der Waals surface area contributed by atoms with Gasteiger partial charge in [-0.3, -0.25) is 4.79 Å². The molecule has 2 aromatic rings. The van der Waals surface area contributed by atoms with Crippen molar-refractivity contribution in [3.05, 3.63) is 23.3 Å². The highest BCUT2D eigenvalue weighted by Gasteiger charge is 2.30. The Morgan fingerprint density at radius 2 is 1.45 bits per heavy atom. The third-order valence-corrected chi connectivity index (χ3v) is 3.45. The van der Waals surface area contributed by atoms with Crippen molar-refractivity contribution in [1.29, 1.82) is 0 Å². The van der Waals surface area contributed by atoms with Crippen LogP contribution in [0.5, 0.6) is 28.7 Å². The molecule has 2 aromatic carbocycles. The van der Waals surface area contributed by atoms with Crippen LogP contribution in [0.15, 0.2) is 12.1 Å². The Kier molecular flexibility index (Phi) is 2.17. The van der Waals surface area contributed by atoms with Gasteiger partial charge in [0.05, 0.1) is 10.9 Å². The first-order chi connectivity index (χ1) is 9.34. The molecular weight excluding hydrogens is 264 g/mol. The van der Waals surface area contributed by atoms with E-state index in [4.69, 9.17) is 0 Å². The van der Waals surface area contributed by atoms with Crippen LogP contribution in [0.4, 0.5) is 0 Å². The number of hydrogen-bond donors (Lipinski definition) is 5. The van der Waals surface area contributed by atoms with Gasteiger partial charge in [0, 0.05) is 17.0 Å². The monoisotopic (exact) mass is 274 g/mol. The lowest BCUT2D eigenvalue weighted by atomic mass is 9.86. The normalized spacial score (nSPS) is 13.7. The Morgan fingerprint density at radius 3 is 2.10 bits per heavy atom. The minimum Gasteiger partial charge on any atom is -0.507 e. The van der Waals surface area contributed by atoms with Crippen LogP contribution in [0.2, 0.25) is 0 Å². The Hall–Kier alpha value is -2.89. The predicted octanol–water partition coefficient (Wildman–Crippen LogP) is 1.97. The van der Waals surface area contributed by atoms with Crippen molar-refractivity contribution >= 4 is 22.1 Å². The van der Waals surface area contributed by atoms with Crippen molar-refractivity contribution in [2.45, 2.75) is 6.92 Å². The summed E-state index contributed by atoms with van der Waals surface area (Å²) < 4.78 is 0. The van der Waals surface area contributed by atoms with Gasteiger partial charge in [-0.25, -0.2) is 0 Å². The van der Waals surface area contributed by atoms with E-state index in [1.165, 1.54) is 6.08 Å². The highest BCUT2D eigenvalue weighted by Crippen LogP contribution is 2.53. The molecular formula is C14H10O6. The molecule has 6 heteroatoms. The Morgan fingerprint density at radius 1 is 0.800 bits per heavy atom. The topological polar surface area (TPSA) is 118 Å². The molecule has 0 amide bonds. The van der Waals surface area contributed by atoms with Crippen molar-refractivity contribution in [2.24, 2.45) is 0 Å². The maximum atomic E-state index is 12.0. The van der Waals surface area contributed by atoms with Gasteiger partial charge < -0.3 is 25.5 Å². The molecule has 0 fully saturated rings. The summed E-state index contributed by atoms with van der Waals surface area (Å²) in [5, 5.41) is 49.0. The zero-order valence-corrected chi connectivity index (χ0v) is 10.3. The fraction of sp³-hybridized carbons (Fsp3) is 0.0714. The van der Waals surface area contributed by atoms with Crippen LogP contribution in [0.1, 0.15) is 22.8 Å². The molecule has 0 saturated carbocycles. The first kappa shape index (κ1) is 12.2. The zero-order chi connectivity index (χ0) is 14.8. The van der Waals surface area contributed by atoms with E-state index in [0.717, 1.165) is 6.07 Å². The minimum atomic E-state index is -0.888. The number of carbonyl (C=O) groups is 1. The van der Waals surface area contributed by atoms with Gasteiger partial charge in [-0.1, -0.05) is 0 Å². The summed E-state index contributed by atoms with van der Waals surface area (Å²) in [7, 11) is 0. The fourth-order valence-electron chi connectivity index (χ4n) is 2.59. The Balaban J connectivity index is 2.72. The van der Waals surface area contributed by atoms with Gasteiger partial charge in [0.2, 0.25) is 5.75 Å². The second-order valence-corrected chi connectivity index (χ2v) is 4.65. The molecule has 102 valence electrons. The molecule has 0 saturated heterocycles. The van der Waals surface area contributed by atoms with Crippen LogP contribution in [-0.4, -0.2) is 31.3 Å². The molecule has 0 atom stereocenters. The van der Waals surface area contributed by atoms with Crippen LogP contribution in [0.3, 0.4) is 0 Å². The molecule has 3 rings (SSSR count). The second-order valence-electron chi connectivity index (χ2n) is 4.65. The lowest BCUT2D eigenvalue weighted by Gasteiger charge is -2.20. The Bertz CT molecular complexity index is 832. The van der Waals surface area contributed by atoms with Crippen molar-refractivity contribution in [3.63, 3.8) is 0 Å². The van der Waals surface area contributed by atoms with E-state index in [-0.39, 0.29) is 27.6 Å². The number of aromatic hydroxyl groups is 5. The van der Waals surface area contributed by atoms with Crippen LogP contribution in [-0.2, 0) is 0 Å². The number of hydrogen-bond acceptors (Lipinski definition) is 6. The van der Waals surface area contributed by atoms with E-state index in [1.807, 2.05) is 0 Å². The number of phenols is 5. The molecule has 5 N–H and O–H groups in total. The maximum absolute atomic E-state index is 12.0. The summed E-state index contributed by atoms with van der Waals surface area (Å²) >= 11 is 0. The third kappa shape index (κ3) is 1.25. The summed E-state index contributed by atoms with van der Waals surface area (Å²) in [6.45, 7) is 1.58. The number of ketones is 1. The van der Waals surface area contributed by atoms with Gasteiger partial charge in [0.1, 0.15) is 11.5 Å². The average molecular weight is 274 g/mol. The summed E-state index contributed by atoms with van der Waals surface area (Å²) in [6, 6.07) is 1.00. The minimum absolute atomic E-state index is 0.0142. The van der Waals surface area contributed by atoms with Crippen LogP contribution in [0.25, 0.3) is 16.3 Å².